The summed E-state index contributed by atoms with van der Waals surface area (Å²) in [6.07, 6.45) is 4.74. The zero-order chi connectivity index (χ0) is 29.3. The highest BCUT2D eigenvalue weighted by Crippen LogP contribution is 2.56. The van der Waals surface area contributed by atoms with Crippen LogP contribution in [-0.4, -0.2) is 53.0 Å². The number of carbonyl (C=O) groups is 2. The van der Waals surface area contributed by atoms with E-state index in [0.29, 0.717) is 46.3 Å². The number of benzene rings is 2. The number of halogens is 3. The topological polar surface area (TPSA) is 110 Å². The van der Waals surface area contributed by atoms with Crippen LogP contribution in [0.3, 0.4) is 0 Å². The van der Waals surface area contributed by atoms with E-state index in [0.717, 1.165) is 30.5 Å². The summed E-state index contributed by atoms with van der Waals surface area (Å²) in [5.41, 5.74) is 9.06. The Hall–Kier alpha value is -3.24. The number of nitrogens with zero attached hydrogens (tertiary/aromatic N) is 2. The number of nitrogen functional groups attached to an aromatic ring is 1. The fourth-order valence-corrected chi connectivity index (χ4v) is 7.81. The Morgan fingerprint density at radius 3 is 2.74 bits per heavy atom. The molecule has 4 heterocycles. The number of hydrogen-bond acceptors (Lipinski definition) is 7. The fraction of sp³-hybridized carbons (Fsp3) is 0.387. The number of aromatic nitrogens is 1. The molecule has 3 aromatic rings. The number of rotatable bonds is 5. The number of methoxy groups -OCH3 is 1. The van der Waals surface area contributed by atoms with Gasteiger partial charge in [0.1, 0.15) is 5.54 Å². The first-order valence-electron chi connectivity index (χ1n) is 14.1. The number of pyridine rings is 1. The van der Waals surface area contributed by atoms with E-state index >= 15 is 4.39 Å². The molecular formula is C31H30Cl2FN5O3. The third kappa shape index (κ3) is 4.28. The van der Waals surface area contributed by atoms with Gasteiger partial charge in [0.2, 0.25) is 5.91 Å². The number of nitrogens with one attached hydrogen (secondary N) is 2. The molecule has 1 spiro atoms. The monoisotopic (exact) mass is 609 g/mol. The van der Waals surface area contributed by atoms with Crippen LogP contribution in [0.5, 0.6) is 0 Å². The minimum atomic E-state index is -1.07. The van der Waals surface area contributed by atoms with Crippen molar-refractivity contribution in [2.75, 3.05) is 24.7 Å². The van der Waals surface area contributed by atoms with Crippen LogP contribution in [-0.2, 0) is 16.0 Å². The van der Waals surface area contributed by atoms with Crippen molar-refractivity contribution >= 4 is 46.5 Å². The largest absolute Gasteiger partial charge is 0.465 e. The van der Waals surface area contributed by atoms with Gasteiger partial charge in [0.25, 0.3) is 0 Å². The van der Waals surface area contributed by atoms with Crippen LogP contribution < -0.4 is 16.4 Å². The molecule has 5 atom stereocenters. The third-order valence-electron chi connectivity index (χ3n) is 9.49. The van der Waals surface area contributed by atoms with Gasteiger partial charge >= 0.3 is 5.97 Å². The second-order valence-corrected chi connectivity index (χ2v) is 12.6. The molecule has 218 valence electrons. The lowest BCUT2D eigenvalue weighted by Gasteiger charge is -2.46. The predicted octanol–water partition coefficient (Wildman–Crippen LogP) is 5.11. The Morgan fingerprint density at radius 1 is 1.19 bits per heavy atom. The number of esters is 1. The second kappa shape index (κ2) is 10.2. The van der Waals surface area contributed by atoms with Crippen molar-refractivity contribution in [2.45, 2.75) is 55.3 Å². The van der Waals surface area contributed by atoms with Gasteiger partial charge in [0, 0.05) is 59.6 Å². The average molecular weight is 611 g/mol. The molecule has 1 aliphatic carbocycles. The van der Waals surface area contributed by atoms with Crippen LogP contribution in [0, 0.1) is 11.7 Å². The van der Waals surface area contributed by atoms with Gasteiger partial charge in [0.05, 0.1) is 12.7 Å². The van der Waals surface area contributed by atoms with Crippen LogP contribution in [0.4, 0.5) is 15.8 Å². The minimum Gasteiger partial charge on any atom is -0.465 e. The minimum absolute atomic E-state index is 0.0915. The SMILES string of the molecule is COC(=O)c1ccc(C2C[C@H]3[C@@H](N2)[C@H](c2ccnc(Cl)c2F)[C@@]2(Cc4ccc(Cl)cc4NC2=O)N3CC2CC2)c(N)c1. The van der Waals surface area contributed by atoms with Crippen LogP contribution in [0.1, 0.15) is 58.3 Å². The third-order valence-corrected chi connectivity index (χ3v) is 9.99. The van der Waals surface area contributed by atoms with Gasteiger partial charge in [-0.25, -0.2) is 14.2 Å². The van der Waals surface area contributed by atoms with E-state index < -0.39 is 23.2 Å². The number of ether oxygens (including phenoxy) is 1. The molecule has 11 heteroatoms. The normalized spacial score (nSPS) is 28.4. The number of hydrogen-bond donors (Lipinski definition) is 3. The Balaban J connectivity index is 1.35. The van der Waals surface area contributed by atoms with Crippen molar-refractivity contribution in [2.24, 2.45) is 5.92 Å². The zero-order valence-electron chi connectivity index (χ0n) is 22.9. The second-order valence-electron chi connectivity index (χ2n) is 11.8. The molecule has 0 bridgehead atoms. The first kappa shape index (κ1) is 27.6. The summed E-state index contributed by atoms with van der Waals surface area (Å²) in [7, 11) is 1.33. The van der Waals surface area contributed by atoms with Crippen molar-refractivity contribution in [1.82, 2.24) is 15.2 Å². The maximum atomic E-state index is 15.9. The molecule has 1 amide bonds. The van der Waals surface area contributed by atoms with Crippen LogP contribution in [0.25, 0.3) is 0 Å². The van der Waals surface area contributed by atoms with Crippen LogP contribution in [0.15, 0.2) is 48.7 Å². The first-order chi connectivity index (χ1) is 20.2. The molecule has 3 fully saturated rings. The van der Waals surface area contributed by atoms with Crippen molar-refractivity contribution in [3.05, 3.63) is 86.9 Å². The number of amides is 1. The standard InChI is InChI=1S/C31H30Cl2FN5O3/c1-42-29(40)16-5-7-19(21(35)10-16)23-12-24-27(37-23)25(20-8-9-36-28(33)26(20)34)31(39(24)14-15-2-3-15)13-17-4-6-18(32)11-22(17)38-30(31)41/h4-11,15,23-25,27,37H,2-3,12-14,35H2,1H3,(H,38,41)/t23?,24-,25-,27+,31+/m0/s1. The van der Waals surface area contributed by atoms with Crippen molar-refractivity contribution in [1.29, 1.82) is 0 Å². The highest BCUT2D eigenvalue weighted by molar-refractivity contribution is 6.31. The maximum absolute atomic E-state index is 15.9. The molecule has 0 radical (unpaired) electrons. The van der Waals surface area contributed by atoms with E-state index in [1.54, 1.807) is 24.3 Å². The van der Waals surface area contributed by atoms with Gasteiger partial charge in [-0.15, -0.1) is 0 Å². The molecular weight excluding hydrogens is 580 g/mol. The summed E-state index contributed by atoms with van der Waals surface area (Å²) >= 11 is 12.5. The van der Waals surface area contributed by atoms with Crippen LogP contribution >= 0.6 is 23.2 Å². The van der Waals surface area contributed by atoms with E-state index in [9.17, 15) is 9.59 Å². The summed E-state index contributed by atoms with van der Waals surface area (Å²) in [4.78, 5) is 32.8. The number of nitrogens with two attached hydrogens (primary N) is 1. The van der Waals surface area contributed by atoms with Gasteiger partial charge in [-0.05, 0) is 72.2 Å². The first-order valence-corrected chi connectivity index (χ1v) is 14.9. The Labute approximate surface area is 252 Å². The van der Waals surface area contributed by atoms with Crippen molar-refractivity contribution in [3.63, 3.8) is 0 Å². The van der Waals surface area contributed by atoms with E-state index in [-0.39, 0.29) is 29.2 Å². The molecule has 1 aromatic heterocycles. The van der Waals surface area contributed by atoms with Crippen LogP contribution in [0.2, 0.25) is 10.2 Å². The van der Waals surface area contributed by atoms with E-state index in [1.807, 2.05) is 18.2 Å². The number of carbonyl (C=O) groups excluding carboxylic acids is 2. The van der Waals surface area contributed by atoms with Gasteiger partial charge in [-0.1, -0.05) is 35.3 Å². The van der Waals surface area contributed by atoms with Gasteiger partial charge in [-0.2, -0.15) is 0 Å². The lowest BCUT2D eigenvalue weighted by Crippen LogP contribution is -2.61. The summed E-state index contributed by atoms with van der Waals surface area (Å²) in [6, 6.07) is 11.8. The molecule has 42 heavy (non-hydrogen) atoms. The zero-order valence-corrected chi connectivity index (χ0v) is 24.4. The molecule has 4 N–H and O–H groups in total. The van der Waals surface area contributed by atoms with Gasteiger partial charge < -0.3 is 21.1 Å². The molecule has 2 aromatic carbocycles. The summed E-state index contributed by atoms with van der Waals surface area (Å²) < 4.78 is 20.8. The molecule has 4 aliphatic rings. The number of anilines is 2. The quantitative estimate of drug-likeness (QED) is 0.209. The molecule has 2 saturated heterocycles. The summed E-state index contributed by atoms with van der Waals surface area (Å²) in [6.45, 7) is 0.722. The highest BCUT2D eigenvalue weighted by atomic mass is 35.5. The highest BCUT2D eigenvalue weighted by Gasteiger charge is 2.67. The molecule has 3 aliphatic heterocycles. The molecule has 1 unspecified atom stereocenters. The Bertz CT molecular complexity index is 1620. The summed E-state index contributed by atoms with van der Waals surface area (Å²) in [5.74, 6) is -1.36. The fourth-order valence-electron chi connectivity index (χ4n) is 7.47. The Kier molecular flexibility index (Phi) is 6.69. The lowest BCUT2D eigenvalue weighted by molar-refractivity contribution is -0.129. The van der Waals surface area contributed by atoms with Gasteiger partial charge in [-0.3, -0.25) is 9.69 Å². The average Bonchev–Trinajstić information content (AvgIpc) is 3.65. The van der Waals surface area contributed by atoms with Gasteiger partial charge in [0.15, 0.2) is 11.0 Å². The molecule has 7 rings (SSSR count). The Morgan fingerprint density at radius 2 is 2.00 bits per heavy atom. The van der Waals surface area contributed by atoms with E-state index in [4.69, 9.17) is 33.7 Å². The molecule has 1 saturated carbocycles. The number of likely N-dealkylation sites (tertiary alicyclic amines) is 1. The van der Waals surface area contributed by atoms with E-state index in [1.165, 1.54) is 13.3 Å². The molecule has 8 nitrogen and oxygen atoms in total. The summed E-state index contributed by atoms with van der Waals surface area (Å²) in [5, 5.41) is 7.19. The lowest BCUT2D eigenvalue weighted by atomic mass is 9.71. The number of fused-ring (bicyclic) bond motifs is 2. The van der Waals surface area contributed by atoms with Crippen molar-refractivity contribution < 1.29 is 18.7 Å². The van der Waals surface area contributed by atoms with Crippen molar-refractivity contribution in [3.8, 4) is 0 Å². The van der Waals surface area contributed by atoms with E-state index in [2.05, 4.69) is 20.5 Å². The maximum Gasteiger partial charge on any atom is 0.337 e. The predicted molar refractivity (Wildman–Crippen MR) is 158 cm³/mol. The smallest absolute Gasteiger partial charge is 0.337 e.